The summed E-state index contributed by atoms with van der Waals surface area (Å²) in [5.74, 6) is 6.60. The van der Waals surface area contributed by atoms with Crippen LogP contribution in [0, 0.1) is 18.8 Å². The molecule has 0 saturated carbocycles. The smallest absolute Gasteiger partial charge is 0.264 e. The molecule has 0 bridgehead atoms. The number of ether oxygens (including phenoxy) is 1. The van der Waals surface area contributed by atoms with Crippen molar-refractivity contribution >= 4 is 26.6 Å². The molecule has 2 aromatic carbocycles. The van der Waals surface area contributed by atoms with Crippen LogP contribution in [0.1, 0.15) is 16.8 Å². The van der Waals surface area contributed by atoms with Gasteiger partial charge in [-0.25, -0.2) is 8.42 Å². The lowest BCUT2D eigenvalue weighted by Crippen LogP contribution is -2.14. The second-order valence-corrected chi connectivity index (χ2v) is 8.41. The molecule has 31 heavy (non-hydrogen) atoms. The van der Waals surface area contributed by atoms with E-state index < -0.39 is 10.0 Å². The van der Waals surface area contributed by atoms with E-state index in [1.165, 1.54) is 13.2 Å². The van der Waals surface area contributed by atoms with Gasteiger partial charge in [0.2, 0.25) is 0 Å². The molecule has 4 aromatic rings. The Balaban J connectivity index is 1.72. The topological polar surface area (TPSA) is 81.2 Å². The lowest BCUT2D eigenvalue weighted by Gasteiger charge is -2.13. The van der Waals surface area contributed by atoms with Gasteiger partial charge in [-0.3, -0.25) is 14.7 Å². The molecule has 0 atom stereocenters. The van der Waals surface area contributed by atoms with Crippen molar-refractivity contribution in [3.05, 3.63) is 89.9 Å². The van der Waals surface area contributed by atoms with Crippen LogP contribution in [0.2, 0.25) is 0 Å². The van der Waals surface area contributed by atoms with Gasteiger partial charge in [0.15, 0.2) is 0 Å². The zero-order chi connectivity index (χ0) is 21.8. The van der Waals surface area contributed by atoms with Gasteiger partial charge in [0.1, 0.15) is 10.6 Å². The average molecular weight is 430 g/mol. The van der Waals surface area contributed by atoms with E-state index >= 15 is 0 Å². The Morgan fingerprint density at radius 2 is 1.77 bits per heavy atom. The Labute approximate surface area is 181 Å². The minimum Gasteiger partial charge on any atom is -0.496 e. The lowest BCUT2D eigenvalue weighted by molar-refractivity contribution is 0.419. The Hall–Kier alpha value is -3.89. The highest BCUT2D eigenvalue weighted by molar-refractivity contribution is 7.93. The first kappa shape index (κ1) is 20.4. The summed E-state index contributed by atoms with van der Waals surface area (Å²) in [6, 6.07) is 17.4. The number of nitrogens with zero attached hydrogens (tertiary/aromatic N) is 2. The fourth-order valence-electron chi connectivity index (χ4n) is 3.08. The molecular weight excluding hydrogens is 410 g/mol. The van der Waals surface area contributed by atoms with E-state index in [1.54, 1.807) is 54.9 Å². The molecule has 0 saturated heterocycles. The van der Waals surface area contributed by atoms with Gasteiger partial charge in [0, 0.05) is 34.6 Å². The standard InChI is InChI=1S/C24H19N3O3S/c1-17-9-10-18(16-26-17)11-12-19-6-3-4-8-21(19)27-31(28,29)23-14-13-22(30-2)20-7-5-15-25-24(20)23/h3-10,13-16,27H,1-2H3. The number of rotatable bonds is 4. The van der Waals surface area contributed by atoms with Gasteiger partial charge in [-0.1, -0.05) is 24.0 Å². The number of nitrogens with one attached hydrogen (secondary N) is 1. The van der Waals surface area contributed by atoms with Gasteiger partial charge in [0.25, 0.3) is 10.0 Å². The van der Waals surface area contributed by atoms with Crippen molar-refractivity contribution in [3.8, 4) is 17.6 Å². The van der Waals surface area contributed by atoms with Gasteiger partial charge < -0.3 is 4.74 Å². The number of sulfonamides is 1. The Morgan fingerprint density at radius 3 is 2.55 bits per heavy atom. The van der Waals surface area contributed by atoms with Gasteiger partial charge in [-0.15, -0.1) is 0 Å². The van der Waals surface area contributed by atoms with Gasteiger partial charge >= 0.3 is 0 Å². The third kappa shape index (κ3) is 4.34. The maximum atomic E-state index is 13.2. The van der Waals surface area contributed by atoms with Gasteiger partial charge in [-0.05, 0) is 55.5 Å². The van der Waals surface area contributed by atoms with Crippen molar-refractivity contribution < 1.29 is 13.2 Å². The average Bonchev–Trinajstić information content (AvgIpc) is 2.78. The zero-order valence-electron chi connectivity index (χ0n) is 17.0. The summed E-state index contributed by atoms with van der Waals surface area (Å²) in [4.78, 5) is 8.56. The fraction of sp³-hybridized carbons (Fsp3) is 0.0833. The first-order valence-electron chi connectivity index (χ1n) is 9.46. The summed E-state index contributed by atoms with van der Waals surface area (Å²) in [6.45, 7) is 1.90. The molecule has 0 aliphatic heterocycles. The van der Waals surface area contributed by atoms with Crippen LogP contribution >= 0.6 is 0 Å². The van der Waals surface area contributed by atoms with Crippen LogP contribution in [-0.4, -0.2) is 25.5 Å². The van der Waals surface area contributed by atoms with Crippen molar-refractivity contribution in [2.24, 2.45) is 0 Å². The number of hydrogen-bond donors (Lipinski definition) is 1. The first-order valence-corrected chi connectivity index (χ1v) is 10.9. The van der Waals surface area contributed by atoms with Crippen LogP contribution < -0.4 is 9.46 Å². The molecular formula is C24H19N3O3S. The Bertz CT molecular complexity index is 1420. The largest absolute Gasteiger partial charge is 0.496 e. The number of aryl methyl sites for hydroxylation is 1. The van der Waals surface area contributed by atoms with Crippen molar-refractivity contribution in [3.63, 3.8) is 0 Å². The van der Waals surface area contributed by atoms with E-state index in [2.05, 4.69) is 26.5 Å². The quantitative estimate of drug-likeness (QED) is 0.493. The molecule has 4 rings (SSSR count). The lowest BCUT2D eigenvalue weighted by atomic mass is 10.1. The van der Waals surface area contributed by atoms with E-state index in [0.29, 0.717) is 27.9 Å². The van der Waals surface area contributed by atoms with Crippen LogP contribution in [0.3, 0.4) is 0 Å². The van der Waals surface area contributed by atoms with Crippen LogP contribution in [0.5, 0.6) is 5.75 Å². The Kier molecular flexibility index (Phi) is 5.56. The van der Waals surface area contributed by atoms with E-state index in [9.17, 15) is 8.42 Å². The molecule has 7 heteroatoms. The number of fused-ring (bicyclic) bond motifs is 1. The number of benzene rings is 2. The monoisotopic (exact) mass is 429 g/mol. The summed E-state index contributed by atoms with van der Waals surface area (Å²) in [6.07, 6.45) is 3.24. The van der Waals surface area contributed by atoms with E-state index in [-0.39, 0.29) is 4.90 Å². The third-order valence-corrected chi connectivity index (χ3v) is 6.02. The van der Waals surface area contributed by atoms with Crippen LogP contribution in [0.4, 0.5) is 5.69 Å². The summed E-state index contributed by atoms with van der Waals surface area (Å²) >= 11 is 0. The van der Waals surface area contributed by atoms with Crippen molar-refractivity contribution in [2.45, 2.75) is 11.8 Å². The molecule has 154 valence electrons. The summed E-state index contributed by atoms with van der Waals surface area (Å²) < 4.78 is 34.4. The summed E-state index contributed by atoms with van der Waals surface area (Å²) in [5, 5.41) is 0.618. The molecule has 0 radical (unpaired) electrons. The van der Waals surface area contributed by atoms with Crippen molar-refractivity contribution in [1.29, 1.82) is 0 Å². The SMILES string of the molecule is COc1ccc(S(=O)(=O)Nc2ccccc2C#Cc2ccc(C)nc2)c2ncccc12. The van der Waals surface area contributed by atoms with Crippen LogP contribution in [-0.2, 0) is 10.0 Å². The van der Waals surface area contributed by atoms with Crippen LogP contribution in [0.15, 0.2) is 78.0 Å². The number of hydrogen-bond acceptors (Lipinski definition) is 5. The molecule has 0 aliphatic rings. The maximum absolute atomic E-state index is 13.2. The second-order valence-electron chi connectivity index (χ2n) is 6.75. The summed E-state index contributed by atoms with van der Waals surface area (Å²) in [5.41, 5.74) is 2.92. The van der Waals surface area contributed by atoms with E-state index in [0.717, 1.165) is 11.3 Å². The molecule has 6 nitrogen and oxygen atoms in total. The predicted molar refractivity (Wildman–Crippen MR) is 120 cm³/mol. The molecule has 2 aromatic heterocycles. The zero-order valence-corrected chi connectivity index (χ0v) is 17.8. The van der Waals surface area contributed by atoms with Crippen LogP contribution in [0.25, 0.3) is 10.9 Å². The number of pyridine rings is 2. The normalized spacial score (nSPS) is 10.9. The number of anilines is 1. The Morgan fingerprint density at radius 1 is 0.935 bits per heavy atom. The minimum absolute atomic E-state index is 0.0643. The first-order chi connectivity index (χ1) is 15.0. The molecule has 0 aliphatic carbocycles. The molecule has 0 amide bonds. The molecule has 1 N–H and O–H groups in total. The van der Waals surface area contributed by atoms with Gasteiger partial charge in [-0.2, -0.15) is 0 Å². The molecule has 0 unspecified atom stereocenters. The van der Waals surface area contributed by atoms with Gasteiger partial charge in [0.05, 0.1) is 18.3 Å². The number of methoxy groups -OCH3 is 1. The highest BCUT2D eigenvalue weighted by atomic mass is 32.2. The second kappa shape index (κ2) is 8.46. The van der Waals surface area contributed by atoms with E-state index in [1.807, 2.05) is 19.1 Å². The summed E-state index contributed by atoms with van der Waals surface area (Å²) in [7, 11) is -2.39. The van der Waals surface area contributed by atoms with E-state index in [4.69, 9.17) is 4.74 Å². The fourth-order valence-corrected chi connectivity index (χ4v) is 4.32. The molecule has 2 heterocycles. The highest BCUT2D eigenvalue weighted by Crippen LogP contribution is 2.30. The van der Waals surface area contributed by atoms with Crippen molar-refractivity contribution in [1.82, 2.24) is 9.97 Å². The molecule has 0 spiro atoms. The third-order valence-electron chi connectivity index (χ3n) is 4.63. The predicted octanol–water partition coefficient (Wildman–Crippen LogP) is 4.15. The van der Waals surface area contributed by atoms with Crippen molar-refractivity contribution in [2.75, 3.05) is 11.8 Å². The molecule has 0 fully saturated rings. The minimum atomic E-state index is -3.92. The number of para-hydroxylation sites is 1. The maximum Gasteiger partial charge on any atom is 0.264 e. The highest BCUT2D eigenvalue weighted by Gasteiger charge is 2.21. The number of aromatic nitrogens is 2.